The molecule has 3 aromatic rings. The fraction of sp³-hybridized carbons (Fsp3) is 0.304. The second-order valence-electron chi connectivity index (χ2n) is 7.32. The molecule has 0 aliphatic carbocycles. The monoisotopic (exact) mass is 390 g/mol. The van der Waals surface area contributed by atoms with Crippen molar-refractivity contribution in [3.8, 4) is 5.69 Å². The Morgan fingerprint density at radius 2 is 1.82 bits per heavy atom. The standard InChI is InChI=1S/C23H26N4S/c1-4-14-26-22(21(25-23(26)28)20-12-8-9-13-24-20)19-15-16(2)27(17(19)3)18-10-6-5-7-11-18/h5-13,15,21-22H,4,14H2,1-3H3,(H,25,28)/t21-,22+/m1/s1. The van der Waals surface area contributed by atoms with Crippen LogP contribution in [-0.4, -0.2) is 26.1 Å². The van der Waals surface area contributed by atoms with Crippen molar-refractivity contribution < 1.29 is 0 Å². The van der Waals surface area contributed by atoms with Crippen LogP contribution in [0, 0.1) is 13.8 Å². The van der Waals surface area contributed by atoms with E-state index in [1.165, 1.54) is 22.6 Å². The lowest BCUT2D eigenvalue weighted by atomic mass is 9.96. The molecule has 0 amide bonds. The summed E-state index contributed by atoms with van der Waals surface area (Å²) in [6, 6.07) is 19.1. The van der Waals surface area contributed by atoms with E-state index in [4.69, 9.17) is 12.2 Å². The molecule has 2 atom stereocenters. The summed E-state index contributed by atoms with van der Waals surface area (Å²) in [6.45, 7) is 7.50. The van der Waals surface area contributed by atoms with Crippen LogP contribution in [0.25, 0.3) is 5.69 Å². The summed E-state index contributed by atoms with van der Waals surface area (Å²) in [5, 5.41) is 4.35. The number of aryl methyl sites for hydroxylation is 1. The molecule has 0 spiro atoms. The first-order valence-electron chi connectivity index (χ1n) is 9.84. The molecule has 1 aromatic carbocycles. The Hall–Kier alpha value is -2.66. The number of hydrogen-bond donors (Lipinski definition) is 1. The molecule has 5 heteroatoms. The van der Waals surface area contributed by atoms with E-state index in [0.29, 0.717) is 0 Å². The lowest BCUT2D eigenvalue weighted by Crippen LogP contribution is -2.30. The molecule has 1 saturated heterocycles. The number of thiocarbonyl (C=S) groups is 1. The molecule has 4 nitrogen and oxygen atoms in total. The Morgan fingerprint density at radius 3 is 2.50 bits per heavy atom. The smallest absolute Gasteiger partial charge is 0.170 e. The molecule has 4 rings (SSSR count). The van der Waals surface area contributed by atoms with Crippen molar-refractivity contribution in [2.24, 2.45) is 0 Å². The molecule has 0 bridgehead atoms. The van der Waals surface area contributed by atoms with Gasteiger partial charge in [0.1, 0.15) is 0 Å². The lowest BCUT2D eigenvalue weighted by Gasteiger charge is -2.27. The number of aromatic nitrogens is 2. The summed E-state index contributed by atoms with van der Waals surface area (Å²) in [5.41, 5.74) is 6.00. The lowest BCUT2D eigenvalue weighted by molar-refractivity contribution is 0.316. The molecule has 0 radical (unpaired) electrons. The van der Waals surface area contributed by atoms with Crippen LogP contribution in [0.4, 0.5) is 0 Å². The van der Waals surface area contributed by atoms with Crippen molar-refractivity contribution in [3.05, 3.63) is 83.4 Å². The van der Waals surface area contributed by atoms with Crippen LogP contribution in [0.15, 0.2) is 60.8 Å². The van der Waals surface area contributed by atoms with Gasteiger partial charge in [-0.2, -0.15) is 0 Å². The van der Waals surface area contributed by atoms with Crippen LogP contribution >= 0.6 is 12.2 Å². The van der Waals surface area contributed by atoms with Crippen molar-refractivity contribution in [2.45, 2.75) is 39.3 Å². The zero-order valence-electron chi connectivity index (χ0n) is 16.6. The average Bonchev–Trinajstić information content (AvgIpc) is 3.19. The largest absolute Gasteiger partial charge is 0.352 e. The zero-order valence-corrected chi connectivity index (χ0v) is 17.4. The third-order valence-corrected chi connectivity index (χ3v) is 5.82. The highest BCUT2D eigenvalue weighted by atomic mass is 32.1. The van der Waals surface area contributed by atoms with Crippen LogP contribution in [0.5, 0.6) is 0 Å². The molecule has 1 N–H and O–H groups in total. The predicted molar refractivity (Wildman–Crippen MR) is 118 cm³/mol. The molecule has 1 aliphatic heterocycles. The van der Waals surface area contributed by atoms with Gasteiger partial charge in [-0.15, -0.1) is 0 Å². The maximum absolute atomic E-state index is 5.72. The maximum Gasteiger partial charge on any atom is 0.170 e. The Balaban J connectivity index is 1.83. The minimum Gasteiger partial charge on any atom is -0.352 e. The van der Waals surface area contributed by atoms with Crippen LogP contribution in [0.3, 0.4) is 0 Å². The molecular formula is C23H26N4S. The van der Waals surface area contributed by atoms with Gasteiger partial charge in [0.2, 0.25) is 0 Å². The number of benzene rings is 1. The van der Waals surface area contributed by atoms with E-state index in [9.17, 15) is 0 Å². The topological polar surface area (TPSA) is 33.1 Å². The SMILES string of the molecule is CCCN1C(=S)N[C@H](c2ccccn2)[C@@H]1c1cc(C)n(-c2ccccc2)c1C. The Morgan fingerprint density at radius 1 is 1.07 bits per heavy atom. The minimum absolute atomic E-state index is 0.0463. The van der Waals surface area contributed by atoms with Crippen molar-refractivity contribution in [1.82, 2.24) is 19.8 Å². The zero-order chi connectivity index (χ0) is 19.7. The van der Waals surface area contributed by atoms with Crippen molar-refractivity contribution in [2.75, 3.05) is 6.54 Å². The van der Waals surface area contributed by atoms with Crippen LogP contribution < -0.4 is 5.32 Å². The Labute approximate surface area is 172 Å². The first-order valence-corrected chi connectivity index (χ1v) is 10.2. The van der Waals surface area contributed by atoms with Gasteiger partial charge in [-0.3, -0.25) is 4.98 Å². The van der Waals surface area contributed by atoms with E-state index in [1.807, 2.05) is 18.3 Å². The van der Waals surface area contributed by atoms with Gasteiger partial charge in [0.05, 0.1) is 17.8 Å². The molecule has 1 fully saturated rings. The molecule has 0 unspecified atom stereocenters. The molecule has 28 heavy (non-hydrogen) atoms. The van der Waals surface area contributed by atoms with Crippen LogP contribution in [0.1, 0.15) is 48.1 Å². The summed E-state index contributed by atoms with van der Waals surface area (Å²) in [7, 11) is 0. The van der Waals surface area contributed by atoms with Crippen LogP contribution in [0.2, 0.25) is 0 Å². The maximum atomic E-state index is 5.72. The van der Waals surface area contributed by atoms with E-state index in [0.717, 1.165) is 23.8 Å². The number of pyridine rings is 1. The number of rotatable bonds is 5. The quantitative estimate of drug-likeness (QED) is 0.630. The van der Waals surface area contributed by atoms with E-state index in [1.54, 1.807) is 0 Å². The molecule has 144 valence electrons. The molecule has 0 saturated carbocycles. The third kappa shape index (κ3) is 3.20. The van der Waals surface area contributed by atoms with E-state index in [2.05, 4.69) is 83.0 Å². The van der Waals surface area contributed by atoms with Gasteiger partial charge in [-0.1, -0.05) is 31.2 Å². The Bertz CT molecular complexity index is 965. The minimum atomic E-state index is 0.0463. The number of nitrogens with one attached hydrogen (secondary N) is 1. The van der Waals surface area contributed by atoms with Gasteiger partial charge in [0.15, 0.2) is 5.11 Å². The van der Waals surface area contributed by atoms with E-state index >= 15 is 0 Å². The second kappa shape index (κ2) is 7.76. The van der Waals surface area contributed by atoms with E-state index in [-0.39, 0.29) is 12.1 Å². The Kier molecular flexibility index (Phi) is 5.18. The normalized spacial score (nSPS) is 19.1. The highest BCUT2D eigenvalue weighted by Gasteiger charge is 2.40. The predicted octanol–water partition coefficient (Wildman–Crippen LogP) is 4.87. The van der Waals surface area contributed by atoms with Crippen molar-refractivity contribution >= 4 is 17.3 Å². The highest BCUT2D eigenvalue weighted by molar-refractivity contribution is 7.80. The fourth-order valence-corrected chi connectivity index (χ4v) is 4.62. The summed E-state index contributed by atoms with van der Waals surface area (Å²) in [5.74, 6) is 0. The number of hydrogen-bond acceptors (Lipinski definition) is 2. The average molecular weight is 391 g/mol. The highest BCUT2D eigenvalue weighted by Crippen LogP contribution is 2.41. The summed E-state index contributed by atoms with van der Waals surface area (Å²) in [6.07, 6.45) is 2.90. The van der Waals surface area contributed by atoms with Crippen LogP contribution in [-0.2, 0) is 0 Å². The summed E-state index contributed by atoms with van der Waals surface area (Å²) < 4.78 is 2.33. The summed E-state index contributed by atoms with van der Waals surface area (Å²) in [4.78, 5) is 6.95. The van der Waals surface area contributed by atoms with E-state index < -0.39 is 0 Å². The van der Waals surface area contributed by atoms with Gasteiger partial charge < -0.3 is 14.8 Å². The molecule has 1 aliphatic rings. The number of nitrogens with zero attached hydrogens (tertiary/aromatic N) is 3. The molecule has 2 aromatic heterocycles. The van der Waals surface area contributed by atoms with Gasteiger partial charge >= 0.3 is 0 Å². The molecule has 3 heterocycles. The molecular weight excluding hydrogens is 364 g/mol. The first-order chi connectivity index (χ1) is 13.6. The van der Waals surface area contributed by atoms with Crippen molar-refractivity contribution in [3.63, 3.8) is 0 Å². The second-order valence-corrected chi connectivity index (χ2v) is 7.70. The summed E-state index contributed by atoms with van der Waals surface area (Å²) >= 11 is 5.72. The number of para-hydroxylation sites is 1. The van der Waals surface area contributed by atoms with Gasteiger partial charge in [-0.05, 0) is 68.4 Å². The third-order valence-electron chi connectivity index (χ3n) is 5.47. The van der Waals surface area contributed by atoms with Gasteiger partial charge in [-0.25, -0.2) is 0 Å². The van der Waals surface area contributed by atoms with Crippen molar-refractivity contribution in [1.29, 1.82) is 0 Å². The van der Waals surface area contributed by atoms with Gasteiger partial charge in [0.25, 0.3) is 0 Å². The first kappa shape index (κ1) is 18.7. The fourth-order valence-electron chi connectivity index (χ4n) is 4.29. The van der Waals surface area contributed by atoms with Gasteiger partial charge in [0, 0.05) is 29.8 Å².